The average Bonchev–Trinajstić information content (AvgIpc) is 2.42. The maximum atomic E-state index is 6.33. The molecule has 0 aromatic carbocycles. The molecule has 6 heteroatoms. The van der Waals surface area contributed by atoms with Crippen LogP contribution in [-0.4, -0.2) is 36.1 Å². The molecule has 2 rings (SSSR count). The Bertz CT molecular complexity index is 384. The summed E-state index contributed by atoms with van der Waals surface area (Å²) < 4.78 is 0. The Labute approximate surface area is 139 Å². The molecule has 0 amide bonds. The summed E-state index contributed by atoms with van der Waals surface area (Å²) in [6.45, 7) is 8.87. The number of halogens is 3. The molecule has 0 saturated carbocycles. The molecule has 116 valence electrons. The maximum absolute atomic E-state index is 6.33. The first kappa shape index (κ1) is 19.9. The number of nitrogens with zero attached hydrogens (tertiary/aromatic N) is 2. The van der Waals surface area contributed by atoms with Gasteiger partial charge in [0.05, 0.1) is 5.02 Å². The number of nitrogens with one attached hydrogen (secondary N) is 1. The van der Waals surface area contributed by atoms with Crippen molar-refractivity contribution in [1.29, 1.82) is 0 Å². The molecule has 0 radical (unpaired) electrons. The Morgan fingerprint density at radius 2 is 2.00 bits per heavy atom. The Hall–Kier alpha value is -0.0600. The van der Waals surface area contributed by atoms with Crippen molar-refractivity contribution in [2.75, 3.05) is 26.2 Å². The number of rotatable bonds is 4. The van der Waals surface area contributed by atoms with Gasteiger partial charge in [-0.1, -0.05) is 31.9 Å². The summed E-state index contributed by atoms with van der Waals surface area (Å²) in [6.07, 6.45) is 4.76. The van der Waals surface area contributed by atoms with Gasteiger partial charge in [0.2, 0.25) is 0 Å². The van der Waals surface area contributed by atoms with Crippen LogP contribution in [0, 0.1) is 5.92 Å². The average molecular weight is 341 g/mol. The Kier molecular flexibility index (Phi) is 9.77. The fraction of sp³-hybridized carbons (Fsp3) is 0.643. The summed E-state index contributed by atoms with van der Waals surface area (Å²) in [5.41, 5.74) is 1.22. The molecule has 3 nitrogen and oxygen atoms in total. The van der Waals surface area contributed by atoms with Crippen molar-refractivity contribution < 1.29 is 0 Å². The van der Waals surface area contributed by atoms with Crippen LogP contribution in [0.25, 0.3) is 0 Å². The van der Waals surface area contributed by atoms with E-state index in [0.29, 0.717) is 12.0 Å². The van der Waals surface area contributed by atoms with Crippen LogP contribution in [0.5, 0.6) is 0 Å². The standard InChI is InChI=1S/C14H22ClN3.2ClH/c1-3-11(2)14(18-8-6-16-7-9-18)12-4-5-17-10-13(12)15;;/h4-5,10-11,14,16H,3,6-9H2,1-2H3;2*1H/t11?,14-;;/m1../s1. The van der Waals surface area contributed by atoms with Crippen molar-refractivity contribution in [3.05, 3.63) is 29.0 Å². The van der Waals surface area contributed by atoms with Crippen molar-refractivity contribution in [1.82, 2.24) is 15.2 Å². The van der Waals surface area contributed by atoms with Crippen LogP contribution < -0.4 is 5.32 Å². The van der Waals surface area contributed by atoms with Crippen molar-refractivity contribution in [3.63, 3.8) is 0 Å². The molecule has 1 aromatic heterocycles. The topological polar surface area (TPSA) is 28.2 Å². The van der Waals surface area contributed by atoms with E-state index in [1.807, 2.05) is 6.20 Å². The van der Waals surface area contributed by atoms with Crippen molar-refractivity contribution in [2.24, 2.45) is 5.92 Å². The van der Waals surface area contributed by atoms with Gasteiger partial charge in [0.25, 0.3) is 0 Å². The fourth-order valence-corrected chi connectivity index (χ4v) is 2.90. The summed E-state index contributed by atoms with van der Waals surface area (Å²) in [7, 11) is 0. The molecule has 1 unspecified atom stereocenters. The molecular weight excluding hydrogens is 317 g/mol. The quantitative estimate of drug-likeness (QED) is 0.908. The van der Waals surface area contributed by atoms with E-state index in [9.17, 15) is 0 Å². The first-order valence-corrected chi connectivity index (χ1v) is 7.16. The lowest BCUT2D eigenvalue weighted by Crippen LogP contribution is -2.46. The minimum atomic E-state index is 0. The van der Waals surface area contributed by atoms with Crippen LogP contribution in [0.4, 0.5) is 0 Å². The predicted octanol–water partition coefficient (Wildman–Crippen LogP) is 3.57. The largest absolute Gasteiger partial charge is 0.314 e. The van der Waals surface area contributed by atoms with E-state index in [1.54, 1.807) is 6.20 Å². The maximum Gasteiger partial charge on any atom is 0.0637 e. The van der Waals surface area contributed by atoms with E-state index < -0.39 is 0 Å². The minimum Gasteiger partial charge on any atom is -0.314 e. The monoisotopic (exact) mass is 339 g/mol. The summed E-state index contributed by atoms with van der Waals surface area (Å²) in [4.78, 5) is 6.64. The second kappa shape index (κ2) is 9.80. The summed E-state index contributed by atoms with van der Waals surface area (Å²) in [5, 5.41) is 4.20. The van der Waals surface area contributed by atoms with Crippen LogP contribution in [0.3, 0.4) is 0 Å². The molecule has 1 aromatic rings. The van der Waals surface area contributed by atoms with E-state index in [2.05, 4.69) is 35.1 Å². The molecule has 0 spiro atoms. The van der Waals surface area contributed by atoms with Crippen molar-refractivity contribution in [3.8, 4) is 0 Å². The summed E-state index contributed by atoms with van der Waals surface area (Å²) in [6, 6.07) is 2.48. The molecule has 1 aliphatic heterocycles. The minimum absolute atomic E-state index is 0. The smallest absolute Gasteiger partial charge is 0.0637 e. The third kappa shape index (κ3) is 4.74. The van der Waals surface area contributed by atoms with Crippen LogP contribution in [0.15, 0.2) is 18.5 Å². The summed E-state index contributed by atoms with van der Waals surface area (Å²) >= 11 is 6.33. The number of aromatic nitrogens is 1. The van der Waals surface area contributed by atoms with Gasteiger partial charge < -0.3 is 5.32 Å². The Morgan fingerprint density at radius 1 is 1.35 bits per heavy atom. The lowest BCUT2D eigenvalue weighted by molar-refractivity contribution is 0.128. The van der Waals surface area contributed by atoms with E-state index >= 15 is 0 Å². The molecule has 2 atom stereocenters. The highest BCUT2D eigenvalue weighted by molar-refractivity contribution is 6.31. The van der Waals surface area contributed by atoms with Gasteiger partial charge in [0.1, 0.15) is 0 Å². The zero-order chi connectivity index (χ0) is 13.0. The molecular formula is C14H24Cl3N3. The van der Waals surface area contributed by atoms with Crippen LogP contribution >= 0.6 is 36.4 Å². The zero-order valence-electron chi connectivity index (χ0n) is 12.0. The fourth-order valence-electron chi connectivity index (χ4n) is 2.67. The lowest BCUT2D eigenvalue weighted by atomic mass is 9.91. The van der Waals surface area contributed by atoms with Gasteiger partial charge in [-0.25, -0.2) is 0 Å². The zero-order valence-corrected chi connectivity index (χ0v) is 14.4. The van der Waals surface area contributed by atoms with Crippen LogP contribution in [-0.2, 0) is 0 Å². The van der Waals surface area contributed by atoms with Gasteiger partial charge in [0.15, 0.2) is 0 Å². The first-order chi connectivity index (χ1) is 8.74. The van der Waals surface area contributed by atoms with Crippen molar-refractivity contribution >= 4 is 36.4 Å². The van der Waals surface area contributed by atoms with Gasteiger partial charge in [-0.2, -0.15) is 0 Å². The third-order valence-electron chi connectivity index (χ3n) is 3.85. The van der Waals surface area contributed by atoms with Crippen LogP contribution in [0.2, 0.25) is 5.02 Å². The highest BCUT2D eigenvalue weighted by Crippen LogP contribution is 2.34. The molecule has 1 fully saturated rings. The molecule has 0 aliphatic carbocycles. The predicted molar refractivity (Wildman–Crippen MR) is 90.4 cm³/mol. The van der Waals surface area contributed by atoms with Crippen molar-refractivity contribution in [2.45, 2.75) is 26.3 Å². The molecule has 1 N–H and O–H groups in total. The first-order valence-electron chi connectivity index (χ1n) is 6.78. The van der Waals surface area contributed by atoms with Gasteiger partial charge in [-0.05, 0) is 17.5 Å². The molecule has 2 heterocycles. The molecule has 20 heavy (non-hydrogen) atoms. The number of hydrogen-bond acceptors (Lipinski definition) is 3. The Morgan fingerprint density at radius 3 is 2.55 bits per heavy atom. The van der Waals surface area contributed by atoms with E-state index in [-0.39, 0.29) is 24.8 Å². The number of hydrogen-bond donors (Lipinski definition) is 1. The highest BCUT2D eigenvalue weighted by atomic mass is 35.5. The Balaban J connectivity index is 0.00000180. The normalized spacial score (nSPS) is 18.6. The highest BCUT2D eigenvalue weighted by Gasteiger charge is 2.27. The second-order valence-electron chi connectivity index (χ2n) is 5.01. The lowest BCUT2D eigenvalue weighted by Gasteiger charge is -2.38. The second-order valence-corrected chi connectivity index (χ2v) is 5.42. The van der Waals surface area contributed by atoms with Gasteiger partial charge in [0, 0.05) is 44.6 Å². The molecule has 1 aliphatic rings. The number of pyridine rings is 1. The van der Waals surface area contributed by atoms with E-state index in [0.717, 1.165) is 37.6 Å². The SMILES string of the molecule is CCC(C)[C@H](c1ccncc1Cl)N1CCNCC1.Cl.Cl. The van der Waals surface area contributed by atoms with E-state index in [4.69, 9.17) is 11.6 Å². The van der Waals surface area contributed by atoms with Crippen LogP contribution in [0.1, 0.15) is 31.9 Å². The third-order valence-corrected chi connectivity index (χ3v) is 4.17. The van der Waals surface area contributed by atoms with Gasteiger partial charge in [-0.15, -0.1) is 24.8 Å². The van der Waals surface area contributed by atoms with E-state index in [1.165, 1.54) is 5.56 Å². The van der Waals surface area contributed by atoms with Gasteiger partial charge >= 0.3 is 0 Å². The molecule has 0 bridgehead atoms. The molecule has 1 saturated heterocycles. The summed E-state index contributed by atoms with van der Waals surface area (Å²) in [5.74, 6) is 0.600. The number of piperazine rings is 1. The van der Waals surface area contributed by atoms with Gasteiger partial charge in [-0.3, -0.25) is 9.88 Å².